The molecule has 0 aromatic carbocycles. The number of unbranched alkanes of at least 4 members (excludes halogenated alkanes) is 1. The average molecular weight is 506 g/mol. The SMILES string of the molecule is CCNC(=NCCCCc1nc(C)cs1)NC1CCN(C2CCCC2)C1.I. The van der Waals surface area contributed by atoms with E-state index in [0.717, 1.165) is 50.0 Å². The third-order valence-electron chi connectivity index (χ3n) is 5.48. The Morgan fingerprint density at radius 3 is 2.81 bits per heavy atom. The Hall–Kier alpha value is -0.410. The number of likely N-dealkylation sites (tertiary alicyclic amines) is 1. The van der Waals surface area contributed by atoms with Gasteiger partial charge < -0.3 is 10.6 Å². The molecule has 1 aromatic rings. The van der Waals surface area contributed by atoms with Crippen LogP contribution in [0.1, 0.15) is 62.6 Å². The highest BCUT2D eigenvalue weighted by Crippen LogP contribution is 2.26. The van der Waals surface area contributed by atoms with Crippen LogP contribution in [0.5, 0.6) is 0 Å². The van der Waals surface area contributed by atoms with Crippen molar-refractivity contribution in [2.24, 2.45) is 4.99 Å². The van der Waals surface area contributed by atoms with Gasteiger partial charge in [-0.2, -0.15) is 0 Å². The zero-order chi connectivity index (χ0) is 18.2. The van der Waals surface area contributed by atoms with E-state index in [1.807, 2.05) is 0 Å². The van der Waals surface area contributed by atoms with Crippen LogP contribution >= 0.6 is 35.3 Å². The highest BCUT2D eigenvalue weighted by Gasteiger charge is 2.30. The predicted octanol–water partition coefficient (Wildman–Crippen LogP) is 3.96. The van der Waals surface area contributed by atoms with Crippen LogP contribution in [0.4, 0.5) is 0 Å². The molecule has 0 amide bonds. The smallest absolute Gasteiger partial charge is 0.191 e. The Labute approximate surface area is 185 Å². The second kappa shape index (κ2) is 12.2. The number of rotatable bonds is 8. The van der Waals surface area contributed by atoms with E-state index in [9.17, 15) is 0 Å². The van der Waals surface area contributed by atoms with Crippen molar-refractivity contribution in [3.05, 3.63) is 16.1 Å². The lowest BCUT2D eigenvalue weighted by atomic mass is 10.2. The second-order valence-electron chi connectivity index (χ2n) is 7.66. The predicted molar refractivity (Wildman–Crippen MR) is 127 cm³/mol. The normalized spacial score (nSPS) is 21.4. The Morgan fingerprint density at radius 1 is 1.30 bits per heavy atom. The number of aryl methyl sites for hydroxylation is 2. The number of thiazole rings is 1. The monoisotopic (exact) mass is 505 g/mol. The van der Waals surface area contributed by atoms with Crippen molar-refractivity contribution in [2.45, 2.75) is 77.3 Å². The zero-order valence-corrected chi connectivity index (χ0v) is 20.0. The maximum Gasteiger partial charge on any atom is 0.191 e. The van der Waals surface area contributed by atoms with E-state index in [-0.39, 0.29) is 24.0 Å². The summed E-state index contributed by atoms with van der Waals surface area (Å²) in [4.78, 5) is 12.0. The molecule has 1 saturated heterocycles. The summed E-state index contributed by atoms with van der Waals surface area (Å²) < 4.78 is 0. The van der Waals surface area contributed by atoms with Gasteiger partial charge in [-0.15, -0.1) is 35.3 Å². The van der Waals surface area contributed by atoms with Gasteiger partial charge in [0.15, 0.2) is 5.96 Å². The molecule has 1 aliphatic heterocycles. The summed E-state index contributed by atoms with van der Waals surface area (Å²) in [6.07, 6.45) is 10.2. The third-order valence-corrected chi connectivity index (χ3v) is 6.51. The van der Waals surface area contributed by atoms with Gasteiger partial charge in [0.1, 0.15) is 0 Å². The number of hydrogen-bond acceptors (Lipinski definition) is 4. The highest BCUT2D eigenvalue weighted by atomic mass is 127. The van der Waals surface area contributed by atoms with Gasteiger partial charge in [0, 0.05) is 49.3 Å². The minimum atomic E-state index is 0. The maximum atomic E-state index is 4.79. The Balaban J connectivity index is 0.00000261. The maximum absolute atomic E-state index is 4.79. The van der Waals surface area contributed by atoms with Crippen molar-refractivity contribution >= 4 is 41.3 Å². The van der Waals surface area contributed by atoms with Gasteiger partial charge >= 0.3 is 0 Å². The molecular formula is C20H36IN5S. The molecule has 154 valence electrons. The fourth-order valence-corrected chi connectivity index (χ4v) is 4.93. The first-order valence-electron chi connectivity index (χ1n) is 10.4. The number of halogens is 1. The summed E-state index contributed by atoms with van der Waals surface area (Å²) in [6.45, 7) is 8.44. The van der Waals surface area contributed by atoms with Crippen molar-refractivity contribution in [2.75, 3.05) is 26.2 Å². The second-order valence-corrected chi connectivity index (χ2v) is 8.61. The topological polar surface area (TPSA) is 52.6 Å². The lowest BCUT2D eigenvalue weighted by Gasteiger charge is -2.24. The van der Waals surface area contributed by atoms with Crippen molar-refractivity contribution in [3.8, 4) is 0 Å². The Bertz CT molecular complexity index is 570. The van der Waals surface area contributed by atoms with E-state index in [1.165, 1.54) is 50.2 Å². The first kappa shape index (κ1) is 22.9. The lowest BCUT2D eigenvalue weighted by Crippen LogP contribution is -2.45. The third kappa shape index (κ3) is 7.49. The average Bonchev–Trinajstić information content (AvgIpc) is 3.36. The van der Waals surface area contributed by atoms with Crippen LogP contribution in [-0.2, 0) is 6.42 Å². The molecule has 2 fully saturated rings. The van der Waals surface area contributed by atoms with E-state index in [4.69, 9.17) is 4.99 Å². The van der Waals surface area contributed by atoms with Crippen LogP contribution in [0.3, 0.4) is 0 Å². The van der Waals surface area contributed by atoms with Crippen LogP contribution in [0.15, 0.2) is 10.4 Å². The fraction of sp³-hybridized carbons (Fsp3) is 0.800. The molecule has 2 heterocycles. The van der Waals surface area contributed by atoms with Crippen molar-refractivity contribution in [1.29, 1.82) is 0 Å². The minimum Gasteiger partial charge on any atom is -0.357 e. The Kier molecular flexibility index (Phi) is 10.3. The van der Waals surface area contributed by atoms with Gasteiger partial charge in [-0.05, 0) is 52.4 Å². The summed E-state index contributed by atoms with van der Waals surface area (Å²) in [6, 6.07) is 1.39. The number of nitrogens with one attached hydrogen (secondary N) is 2. The molecular weight excluding hydrogens is 469 g/mol. The molecule has 1 atom stereocenters. The summed E-state index contributed by atoms with van der Waals surface area (Å²) >= 11 is 1.78. The van der Waals surface area contributed by atoms with Crippen molar-refractivity contribution in [1.82, 2.24) is 20.5 Å². The number of guanidine groups is 1. The van der Waals surface area contributed by atoms with Gasteiger partial charge in [-0.3, -0.25) is 9.89 Å². The van der Waals surface area contributed by atoms with Crippen molar-refractivity contribution < 1.29 is 0 Å². The van der Waals surface area contributed by atoms with E-state index in [0.29, 0.717) is 6.04 Å². The highest BCUT2D eigenvalue weighted by molar-refractivity contribution is 14.0. The van der Waals surface area contributed by atoms with Gasteiger partial charge in [-0.25, -0.2) is 4.98 Å². The molecule has 0 bridgehead atoms. The Morgan fingerprint density at radius 2 is 2.11 bits per heavy atom. The number of hydrogen-bond donors (Lipinski definition) is 2. The largest absolute Gasteiger partial charge is 0.357 e. The van der Waals surface area contributed by atoms with Gasteiger partial charge in [-0.1, -0.05) is 12.8 Å². The first-order valence-corrected chi connectivity index (χ1v) is 11.3. The molecule has 1 unspecified atom stereocenters. The first-order chi connectivity index (χ1) is 12.7. The molecule has 0 radical (unpaired) electrons. The van der Waals surface area contributed by atoms with Crippen LogP contribution < -0.4 is 10.6 Å². The quantitative estimate of drug-likeness (QED) is 0.243. The van der Waals surface area contributed by atoms with E-state index in [2.05, 4.69) is 39.7 Å². The molecule has 1 aromatic heterocycles. The van der Waals surface area contributed by atoms with Crippen LogP contribution in [0.2, 0.25) is 0 Å². The van der Waals surface area contributed by atoms with Gasteiger partial charge in [0.25, 0.3) is 0 Å². The lowest BCUT2D eigenvalue weighted by molar-refractivity contribution is 0.242. The van der Waals surface area contributed by atoms with Crippen molar-refractivity contribution in [3.63, 3.8) is 0 Å². The summed E-state index contributed by atoms with van der Waals surface area (Å²) in [7, 11) is 0. The summed E-state index contributed by atoms with van der Waals surface area (Å²) in [5, 5.41) is 10.5. The number of nitrogens with zero attached hydrogens (tertiary/aromatic N) is 3. The molecule has 2 aliphatic rings. The van der Waals surface area contributed by atoms with Crippen LogP contribution in [-0.4, -0.2) is 54.1 Å². The summed E-state index contributed by atoms with van der Waals surface area (Å²) in [5.41, 5.74) is 1.14. The molecule has 0 spiro atoms. The van der Waals surface area contributed by atoms with E-state index >= 15 is 0 Å². The molecule has 5 nitrogen and oxygen atoms in total. The minimum absolute atomic E-state index is 0. The molecule has 2 N–H and O–H groups in total. The van der Waals surface area contributed by atoms with Gasteiger partial charge in [0.2, 0.25) is 0 Å². The zero-order valence-electron chi connectivity index (χ0n) is 16.9. The molecule has 1 saturated carbocycles. The number of aromatic nitrogens is 1. The molecule has 1 aliphatic carbocycles. The van der Waals surface area contributed by atoms with E-state index < -0.39 is 0 Å². The fourth-order valence-electron chi connectivity index (χ4n) is 4.12. The van der Waals surface area contributed by atoms with Crippen LogP contribution in [0, 0.1) is 6.92 Å². The standard InChI is InChI=1S/C20H35N5S.HI/c1-3-21-20(22-12-7-6-10-19-23-16(2)15-26-19)24-17-11-13-25(14-17)18-8-4-5-9-18;/h15,17-18H,3-14H2,1-2H3,(H2,21,22,24);1H. The van der Waals surface area contributed by atoms with Gasteiger partial charge in [0.05, 0.1) is 5.01 Å². The van der Waals surface area contributed by atoms with Crippen LogP contribution in [0.25, 0.3) is 0 Å². The molecule has 3 rings (SSSR count). The molecule has 27 heavy (non-hydrogen) atoms. The number of aliphatic imine (C=N–C) groups is 1. The van der Waals surface area contributed by atoms with E-state index in [1.54, 1.807) is 11.3 Å². The summed E-state index contributed by atoms with van der Waals surface area (Å²) in [5.74, 6) is 0.996. The molecule has 7 heteroatoms.